The maximum atomic E-state index is 12.2. The number of urea groups is 1. The van der Waals surface area contributed by atoms with Crippen molar-refractivity contribution in [3.05, 3.63) is 11.6 Å². The molecule has 2 heterocycles. The molecule has 0 aliphatic carbocycles. The summed E-state index contributed by atoms with van der Waals surface area (Å²) in [7, 11) is 0. The van der Waals surface area contributed by atoms with Gasteiger partial charge < -0.3 is 15.7 Å². The largest absolute Gasteiger partial charge is 0.392 e. The van der Waals surface area contributed by atoms with Gasteiger partial charge in [-0.2, -0.15) is 5.10 Å². The number of rotatable bonds is 5. The van der Waals surface area contributed by atoms with Crippen molar-refractivity contribution in [2.75, 3.05) is 6.54 Å². The van der Waals surface area contributed by atoms with E-state index in [1.165, 1.54) is 0 Å². The van der Waals surface area contributed by atoms with Crippen molar-refractivity contribution in [1.82, 2.24) is 25.4 Å². The lowest BCUT2D eigenvalue weighted by Gasteiger charge is -2.33. The van der Waals surface area contributed by atoms with Crippen LogP contribution in [-0.2, 0) is 6.54 Å². The minimum absolute atomic E-state index is 0.108. The molecule has 2 rings (SSSR count). The fraction of sp³-hybridized carbons (Fsp3) is 0.812. The zero-order valence-electron chi connectivity index (χ0n) is 14.8. The van der Waals surface area contributed by atoms with Crippen molar-refractivity contribution >= 4 is 6.03 Å². The van der Waals surface area contributed by atoms with Crippen LogP contribution in [0.3, 0.4) is 0 Å². The number of carbonyl (C=O) groups is 1. The van der Waals surface area contributed by atoms with Gasteiger partial charge in [-0.15, -0.1) is 0 Å². The summed E-state index contributed by atoms with van der Waals surface area (Å²) in [6.07, 6.45) is 1.37. The molecule has 2 atom stereocenters. The Balaban J connectivity index is 1.91. The van der Waals surface area contributed by atoms with Gasteiger partial charge in [-0.3, -0.25) is 0 Å². The summed E-state index contributed by atoms with van der Waals surface area (Å²) in [6.45, 7) is 11.0. The highest BCUT2D eigenvalue weighted by atomic mass is 16.3. The molecule has 130 valence electrons. The molecule has 1 aliphatic heterocycles. The fourth-order valence-corrected chi connectivity index (χ4v) is 3.13. The molecular weight excluding hydrogens is 294 g/mol. The smallest absolute Gasteiger partial charge is 0.315 e. The first kappa shape index (κ1) is 17.7. The van der Waals surface area contributed by atoms with E-state index in [0.717, 1.165) is 31.0 Å². The Bertz CT molecular complexity index is 553. The summed E-state index contributed by atoms with van der Waals surface area (Å²) in [4.78, 5) is 16.6. The molecule has 7 heteroatoms. The zero-order valence-corrected chi connectivity index (χ0v) is 14.8. The number of hydrogen-bond donors (Lipinski definition) is 3. The average Bonchev–Trinajstić information content (AvgIpc) is 2.86. The second-order valence-corrected chi connectivity index (χ2v) is 7.44. The summed E-state index contributed by atoms with van der Waals surface area (Å²) in [6, 6.07) is -0.337. The predicted molar refractivity (Wildman–Crippen MR) is 87.9 cm³/mol. The average molecular weight is 323 g/mol. The molecule has 0 aromatic carbocycles. The number of amides is 2. The Morgan fingerprint density at radius 2 is 2.17 bits per heavy atom. The maximum absolute atomic E-state index is 12.2. The summed E-state index contributed by atoms with van der Waals surface area (Å²) in [5.41, 5.74) is -0.380. The van der Waals surface area contributed by atoms with Crippen LogP contribution in [0, 0.1) is 18.3 Å². The van der Waals surface area contributed by atoms with E-state index in [4.69, 9.17) is 0 Å². The van der Waals surface area contributed by atoms with Crippen molar-refractivity contribution in [3.63, 3.8) is 0 Å². The van der Waals surface area contributed by atoms with E-state index in [-0.39, 0.29) is 23.4 Å². The van der Waals surface area contributed by atoms with Gasteiger partial charge in [-0.1, -0.05) is 27.7 Å². The van der Waals surface area contributed by atoms with Crippen LogP contribution in [0.1, 0.15) is 58.2 Å². The quantitative estimate of drug-likeness (QED) is 0.770. The van der Waals surface area contributed by atoms with Crippen LogP contribution in [0.2, 0.25) is 0 Å². The van der Waals surface area contributed by atoms with Gasteiger partial charge in [0.15, 0.2) is 0 Å². The van der Waals surface area contributed by atoms with Gasteiger partial charge in [0.2, 0.25) is 0 Å². The molecule has 1 aromatic heterocycles. The van der Waals surface area contributed by atoms with Crippen molar-refractivity contribution in [2.24, 2.45) is 11.3 Å². The van der Waals surface area contributed by atoms with Crippen LogP contribution in [0.4, 0.5) is 4.79 Å². The lowest BCUT2D eigenvalue weighted by Crippen LogP contribution is -2.47. The number of nitrogens with zero attached hydrogens (tertiary/aromatic N) is 3. The van der Waals surface area contributed by atoms with Gasteiger partial charge >= 0.3 is 6.03 Å². The van der Waals surface area contributed by atoms with E-state index in [9.17, 15) is 9.90 Å². The summed E-state index contributed by atoms with van der Waals surface area (Å²) < 4.78 is 1.87. The molecule has 1 aliphatic rings. The minimum atomic E-state index is -0.469. The standard InChI is InChI=1S/C16H29N5O2/c1-10(2)13(22)16(4,5)9-17-15(23)19-12-7-6-8-21-14(12)18-11(3)20-21/h10,12-13,22H,6-9H2,1-5H3,(H2,17,19,23). The number of fused-ring (bicyclic) bond motifs is 1. The molecule has 0 saturated heterocycles. The number of aliphatic hydroxyl groups excluding tert-OH is 1. The zero-order chi connectivity index (χ0) is 17.2. The van der Waals surface area contributed by atoms with Gasteiger partial charge in [-0.25, -0.2) is 14.5 Å². The number of aliphatic hydroxyl groups is 1. The minimum Gasteiger partial charge on any atom is -0.392 e. The van der Waals surface area contributed by atoms with E-state index in [2.05, 4.69) is 20.7 Å². The highest BCUT2D eigenvalue weighted by Crippen LogP contribution is 2.25. The van der Waals surface area contributed by atoms with E-state index < -0.39 is 6.10 Å². The van der Waals surface area contributed by atoms with Crippen molar-refractivity contribution < 1.29 is 9.90 Å². The Hall–Kier alpha value is -1.63. The molecule has 0 radical (unpaired) electrons. The first-order valence-electron chi connectivity index (χ1n) is 8.34. The Kier molecular flexibility index (Phi) is 5.29. The highest BCUT2D eigenvalue weighted by Gasteiger charge is 2.31. The topological polar surface area (TPSA) is 92.1 Å². The maximum Gasteiger partial charge on any atom is 0.315 e. The summed E-state index contributed by atoms with van der Waals surface area (Å²) in [5, 5.41) is 20.4. The molecule has 1 aromatic rings. The van der Waals surface area contributed by atoms with Gasteiger partial charge in [0.25, 0.3) is 0 Å². The second kappa shape index (κ2) is 6.86. The van der Waals surface area contributed by atoms with Crippen LogP contribution in [0.5, 0.6) is 0 Å². The molecule has 23 heavy (non-hydrogen) atoms. The fourth-order valence-electron chi connectivity index (χ4n) is 3.13. The predicted octanol–water partition coefficient (Wildman–Crippen LogP) is 1.76. The molecule has 3 N–H and O–H groups in total. The molecule has 2 unspecified atom stereocenters. The first-order valence-corrected chi connectivity index (χ1v) is 8.34. The van der Waals surface area contributed by atoms with Crippen LogP contribution < -0.4 is 10.6 Å². The lowest BCUT2D eigenvalue weighted by atomic mass is 9.81. The van der Waals surface area contributed by atoms with Gasteiger partial charge in [0.1, 0.15) is 11.6 Å². The van der Waals surface area contributed by atoms with Crippen LogP contribution in [0.25, 0.3) is 0 Å². The number of aryl methyl sites for hydroxylation is 2. The van der Waals surface area contributed by atoms with E-state index in [0.29, 0.717) is 6.54 Å². The third-order valence-corrected chi connectivity index (χ3v) is 4.42. The normalized spacial score (nSPS) is 19.3. The molecule has 7 nitrogen and oxygen atoms in total. The number of hydrogen-bond acceptors (Lipinski definition) is 4. The van der Waals surface area contributed by atoms with E-state index >= 15 is 0 Å². The van der Waals surface area contributed by atoms with E-state index in [1.807, 2.05) is 39.3 Å². The SMILES string of the molecule is Cc1nc2n(n1)CCCC2NC(=O)NCC(C)(C)C(O)C(C)C. The molecule has 0 saturated carbocycles. The first-order chi connectivity index (χ1) is 10.7. The van der Waals surface area contributed by atoms with Crippen LogP contribution in [-0.4, -0.2) is 38.6 Å². The van der Waals surface area contributed by atoms with E-state index in [1.54, 1.807) is 0 Å². The van der Waals surface area contributed by atoms with Gasteiger partial charge in [-0.05, 0) is 25.7 Å². The second-order valence-electron chi connectivity index (χ2n) is 7.44. The summed E-state index contributed by atoms with van der Waals surface area (Å²) in [5.74, 6) is 1.70. The molecule has 0 bridgehead atoms. The Morgan fingerprint density at radius 1 is 1.48 bits per heavy atom. The molecule has 2 amide bonds. The van der Waals surface area contributed by atoms with Crippen LogP contribution in [0.15, 0.2) is 0 Å². The third-order valence-electron chi connectivity index (χ3n) is 4.42. The van der Waals surface area contributed by atoms with Gasteiger partial charge in [0.05, 0.1) is 12.1 Å². The van der Waals surface area contributed by atoms with Crippen LogP contribution >= 0.6 is 0 Å². The van der Waals surface area contributed by atoms with Gasteiger partial charge in [0, 0.05) is 18.5 Å². The number of carbonyl (C=O) groups excluding carboxylic acids is 1. The third kappa shape index (κ3) is 4.22. The Labute approximate surface area is 137 Å². The summed E-state index contributed by atoms with van der Waals surface area (Å²) >= 11 is 0. The van der Waals surface area contributed by atoms with Crippen molar-refractivity contribution in [1.29, 1.82) is 0 Å². The monoisotopic (exact) mass is 323 g/mol. The number of nitrogens with one attached hydrogen (secondary N) is 2. The number of aromatic nitrogens is 3. The Morgan fingerprint density at radius 3 is 2.83 bits per heavy atom. The lowest BCUT2D eigenvalue weighted by molar-refractivity contribution is 0.0151. The highest BCUT2D eigenvalue weighted by molar-refractivity contribution is 5.74. The molecular formula is C16H29N5O2. The van der Waals surface area contributed by atoms with Crippen molar-refractivity contribution in [2.45, 2.75) is 66.2 Å². The van der Waals surface area contributed by atoms with Crippen molar-refractivity contribution in [3.8, 4) is 0 Å². The molecule has 0 fully saturated rings. The molecule has 0 spiro atoms.